The normalized spacial score (nSPS) is 17.9. The van der Waals surface area contributed by atoms with Gasteiger partial charge in [-0.2, -0.15) is 0 Å². The summed E-state index contributed by atoms with van der Waals surface area (Å²) in [6.07, 6.45) is 0. The number of carbonyl (C=O) groups excluding carboxylic acids is 1. The lowest BCUT2D eigenvalue weighted by Crippen LogP contribution is -2.48. The van der Waals surface area contributed by atoms with Crippen molar-refractivity contribution < 1.29 is 9.53 Å². The number of nitrogens with zero attached hydrogens (tertiary/aromatic N) is 1. The van der Waals surface area contributed by atoms with Crippen LogP contribution in [0.1, 0.15) is 39.3 Å². The van der Waals surface area contributed by atoms with Crippen molar-refractivity contribution >= 4 is 17.2 Å². The predicted molar refractivity (Wildman–Crippen MR) is 102 cm³/mol. The van der Waals surface area contributed by atoms with E-state index in [-0.39, 0.29) is 18.0 Å². The lowest BCUT2D eigenvalue weighted by atomic mass is 10.0. The molecule has 2 aromatic rings. The Morgan fingerprint density at radius 1 is 1.20 bits per heavy atom. The van der Waals surface area contributed by atoms with Gasteiger partial charge in [0.15, 0.2) is 0 Å². The second kappa shape index (κ2) is 8.13. The van der Waals surface area contributed by atoms with Gasteiger partial charge in [-0.3, -0.25) is 9.69 Å². The number of ether oxygens (including phenoxy) is 1. The van der Waals surface area contributed by atoms with E-state index in [1.54, 1.807) is 11.3 Å². The van der Waals surface area contributed by atoms with Crippen LogP contribution in [-0.2, 0) is 4.74 Å². The molecule has 1 fully saturated rings. The van der Waals surface area contributed by atoms with Crippen molar-refractivity contribution in [2.45, 2.75) is 32.9 Å². The quantitative estimate of drug-likeness (QED) is 0.889. The molecule has 0 aliphatic carbocycles. The minimum Gasteiger partial charge on any atom is -0.379 e. The molecular weight excluding hydrogens is 332 g/mol. The summed E-state index contributed by atoms with van der Waals surface area (Å²) in [6.45, 7) is 9.49. The highest BCUT2D eigenvalue weighted by Crippen LogP contribution is 2.29. The van der Waals surface area contributed by atoms with Gasteiger partial charge >= 0.3 is 0 Å². The second-order valence-electron chi connectivity index (χ2n) is 6.67. The molecule has 0 saturated carbocycles. The van der Waals surface area contributed by atoms with E-state index >= 15 is 0 Å². The third-order valence-electron chi connectivity index (χ3n) is 4.88. The van der Waals surface area contributed by atoms with Crippen LogP contribution < -0.4 is 5.32 Å². The minimum absolute atomic E-state index is 0.00887. The fourth-order valence-electron chi connectivity index (χ4n) is 3.31. The fourth-order valence-corrected chi connectivity index (χ4v) is 4.27. The molecule has 5 heteroatoms. The van der Waals surface area contributed by atoms with Gasteiger partial charge in [-0.15, -0.1) is 11.3 Å². The van der Waals surface area contributed by atoms with Crippen molar-refractivity contribution in [3.05, 3.63) is 57.3 Å². The molecule has 2 heterocycles. The van der Waals surface area contributed by atoms with Crippen LogP contribution in [0.4, 0.5) is 0 Å². The van der Waals surface area contributed by atoms with Crippen molar-refractivity contribution in [3.8, 4) is 0 Å². The summed E-state index contributed by atoms with van der Waals surface area (Å²) in [5, 5.41) is 5.31. The number of morpholine rings is 1. The Hall–Kier alpha value is -1.69. The van der Waals surface area contributed by atoms with Gasteiger partial charge in [-0.05, 0) is 55.5 Å². The van der Waals surface area contributed by atoms with Gasteiger partial charge in [0.25, 0.3) is 5.91 Å². The molecule has 3 rings (SSSR count). The Labute approximate surface area is 153 Å². The molecule has 2 atom stereocenters. The molecule has 25 heavy (non-hydrogen) atoms. The van der Waals surface area contributed by atoms with E-state index in [9.17, 15) is 4.79 Å². The molecule has 1 aliphatic rings. The van der Waals surface area contributed by atoms with Crippen LogP contribution in [0.5, 0.6) is 0 Å². The third kappa shape index (κ3) is 4.29. The molecule has 1 saturated heterocycles. The summed E-state index contributed by atoms with van der Waals surface area (Å²) in [4.78, 5) is 16.4. The summed E-state index contributed by atoms with van der Waals surface area (Å²) in [5.74, 6) is -0.00887. The summed E-state index contributed by atoms with van der Waals surface area (Å²) in [6, 6.07) is 10.3. The Kier molecular flexibility index (Phi) is 5.89. The topological polar surface area (TPSA) is 41.6 Å². The number of rotatable bonds is 5. The molecule has 0 bridgehead atoms. The van der Waals surface area contributed by atoms with Crippen molar-refractivity contribution in [1.82, 2.24) is 10.2 Å². The van der Waals surface area contributed by atoms with E-state index in [0.717, 1.165) is 37.4 Å². The molecule has 1 aromatic carbocycles. The minimum atomic E-state index is -0.00887. The Bertz CT molecular complexity index is 708. The van der Waals surface area contributed by atoms with Crippen LogP contribution >= 0.6 is 11.3 Å². The molecule has 0 spiro atoms. The van der Waals surface area contributed by atoms with E-state index in [0.29, 0.717) is 0 Å². The largest absolute Gasteiger partial charge is 0.379 e. The number of hydrogen-bond donors (Lipinski definition) is 1. The molecular formula is C20H26N2O2S. The summed E-state index contributed by atoms with van der Waals surface area (Å²) < 4.78 is 5.50. The molecule has 0 radical (unpaired) electrons. The zero-order valence-electron chi connectivity index (χ0n) is 15.1. The molecule has 1 N–H and O–H groups in total. The lowest BCUT2D eigenvalue weighted by Gasteiger charge is -2.37. The highest BCUT2D eigenvalue weighted by atomic mass is 32.1. The number of aryl methyl sites for hydroxylation is 2. The first-order valence-corrected chi connectivity index (χ1v) is 9.67. The van der Waals surface area contributed by atoms with Crippen molar-refractivity contribution in [3.63, 3.8) is 0 Å². The first-order valence-electron chi connectivity index (χ1n) is 8.79. The maximum atomic E-state index is 12.7. The van der Waals surface area contributed by atoms with Crippen molar-refractivity contribution in [2.24, 2.45) is 0 Å². The van der Waals surface area contributed by atoms with E-state index in [1.807, 2.05) is 25.1 Å². The Balaban J connectivity index is 1.76. The fraction of sp³-hybridized carbons (Fsp3) is 0.450. The standard InChI is InChI=1S/C20H26N2O2S/c1-14-6-7-17(13-15(14)2)20(23)21-16(3)19(18-5-4-12-25-18)22-8-10-24-11-9-22/h4-7,12-13,16,19H,8-11H2,1-3H3,(H,21,23)/t16-,19-/m0/s1. The number of amides is 1. The van der Waals surface area contributed by atoms with Crippen molar-refractivity contribution in [2.75, 3.05) is 26.3 Å². The monoisotopic (exact) mass is 358 g/mol. The number of hydrogen-bond acceptors (Lipinski definition) is 4. The van der Waals surface area contributed by atoms with E-state index in [1.165, 1.54) is 10.4 Å². The van der Waals surface area contributed by atoms with Crippen LogP contribution in [0.2, 0.25) is 0 Å². The van der Waals surface area contributed by atoms with Gasteiger partial charge in [0.2, 0.25) is 0 Å². The van der Waals surface area contributed by atoms with Crippen LogP contribution in [0.15, 0.2) is 35.7 Å². The zero-order chi connectivity index (χ0) is 17.8. The number of benzene rings is 1. The van der Waals surface area contributed by atoms with E-state index in [4.69, 9.17) is 4.74 Å². The SMILES string of the molecule is Cc1ccc(C(=O)N[C@@H](C)[C@@H](c2cccs2)N2CCOCC2)cc1C. The first-order chi connectivity index (χ1) is 12.1. The van der Waals surface area contributed by atoms with Crippen LogP contribution in [-0.4, -0.2) is 43.2 Å². The molecule has 1 aliphatic heterocycles. The first kappa shape index (κ1) is 18.1. The van der Waals surface area contributed by atoms with Gasteiger partial charge in [-0.25, -0.2) is 0 Å². The van der Waals surface area contributed by atoms with E-state index in [2.05, 4.69) is 41.6 Å². The van der Waals surface area contributed by atoms with E-state index < -0.39 is 0 Å². The zero-order valence-corrected chi connectivity index (χ0v) is 15.9. The van der Waals surface area contributed by atoms with Gasteiger partial charge in [0, 0.05) is 29.6 Å². The Morgan fingerprint density at radius 2 is 1.96 bits per heavy atom. The summed E-state index contributed by atoms with van der Waals surface area (Å²) in [5.41, 5.74) is 3.07. The molecule has 1 amide bonds. The highest BCUT2D eigenvalue weighted by molar-refractivity contribution is 7.10. The molecule has 4 nitrogen and oxygen atoms in total. The van der Waals surface area contributed by atoms with Crippen LogP contribution in [0, 0.1) is 13.8 Å². The average molecular weight is 359 g/mol. The smallest absolute Gasteiger partial charge is 0.251 e. The van der Waals surface area contributed by atoms with Gasteiger partial charge in [-0.1, -0.05) is 12.1 Å². The summed E-state index contributed by atoms with van der Waals surface area (Å²) in [7, 11) is 0. The second-order valence-corrected chi connectivity index (χ2v) is 7.65. The average Bonchev–Trinajstić information content (AvgIpc) is 3.12. The van der Waals surface area contributed by atoms with Gasteiger partial charge in [0.05, 0.1) is 19.3 Å². The lowest BCUT2D eigenvalue weighted by molar-refractivity contribution is 0.00969. The maximum Gasteiger partial charge on any atom is 0.251 e. The van der Waals surface area contributed by atoms with Crippen molar-refractivity contribution in [1.29, 1.82) is 0 Å². The predicted octanol–water partition coefficient (Wildman–Crippen LogP) is 3.56. The summed E-state index contributed by atoms with van der Waals surface area (Å²) >= 11 is 1.75. The molecule has 0 unspecified atom stereocenters. The number of thiophene rings is 1. The van der Waals surface area contributed by atoms with Gasteiger partial charge < -0.3 is 10.1 Å². The maximum absolute atomic E-state index is 12.7. The molecule has 1 aromatic heterocycles. The third-order valence-corrected chi connectivity index (χ3v) is 5.82. The van der Waals surface area contributed by atoms with Crippen LogP contribution in [0.3, 0.4) is 0 Å². The Morgan fingerprint density at radius 3 is 2.60 bits per heavy atom. The van der Waals surface area contributed by atoms with Gasteiger partial charge in [0.1, 0.15) is 0 Å². The molecule has 134 valence electrons. The highest BCUT2D eigenvalue weighted by Gasteiger charge is 2.29. The number of nitrogens with one attached hydrogen (secondary N) is 1. The van der Waals surface area contributed by atoms with Crippen LogP contribution in [0.25, 0.3) is 0 Å². The number of carbonyl (C=O) groups is 1.